The summed E-state index contributed by atoms with van der Waals surface area (Å²) in [7, 11) is 2.22. The van der Waals surface area contributed by atoms with Crippen LogP contribution in [0, 0.1) is 5.41 Å². The van der Waals surface area contributed by atoms with Gasteiger partial charge in [0.05, 0.1) is 0 Å². The van der Waals surface area contributed by atoms with Crippen molar-refractivity contribution in [2.24, 2.45) is 5.41 Å². The van der Waals surface area contributed by atoms with Gasteiger partial charge in [0.25, 0.3) is 0 Å². The monoisotopic (exact) mass is 254 g/mol. The second kappa shape index (κ2) is 7.49. The number of nitrogens with one attached hydrogen (secondary N) is 1. The Balaban J connectivity index is 2.12. The van der Waals surface area contributed by atoms with Crippen LogP contribution < -0.4 is 5.32 Å². The Morgan fingerprint density at radius 3 is 2.61 bits per heavy atom. The summed E-state index contributed by atoms with van der Waals surface area (Å²) in [4.78, 5) is 2.43. The van der Waals surface area contributed by atoms with Gasteiger partial charge in [-0.1, -0.05) is 20.3 Å². The molecule has 0 aromatic heterocycles. The molecule has 0 heterocycles. The Morgan fingerprint density at radius 2 is 1.94 bits per heavy atom. The molecule has 1 fully saturated rings. The number of nitrogens with zero attached hydrogens (tertiary/aromatic N) is 1. The van der Waals surface area contributed by atoms with Crippen molar-refractivity contribution in [3.05, 3.63) is 0 Å². The van der Waals surface area contributed by atoms with E-state index in [0.29, 0.717) is 11.5 Å². The van der Waals surface area contributed by atoms with Crippen LogP contribution in [0.3, 0.4) is 0 Å². The normalized spacial score (nSPS) is 24.5. The molecule has 2 heteroatoms. The maximum absolute atomic E-state index is 3.77. The van der Waals surface area contributed by atoms with Gasteiger partial charge in [0.1, 0.15) is 0 Å². The van der Waals surface area contributed by atoms with Gasteiger partial charge in [-0.05, 0) is 71.5 Å². The zero-order valence-corrected chi connectivity index (χ0v) is 13.3. The molecule has 0 aromatic rings. The first-order chi connectivity index (χ1) is 8.41. The van der Waals surface area contributed by atoms with Crippen molar-refractivity contribution in [2.45, 2.75) is 78.3 Å². The molecule has 0 aromatic carbocycles. The summed E-state index contributed by atoms with van der Waals surface area (Å²) in [6.45, 7) is 11.8. The van der Waals surface area contributed by atoms with E-state index in [1.165, 1.54) is 51.6 Å². The predicted molar refractivity (Wildman–Crippen MR) is 81.0 cm³/mol. The van der Waals surface area contributed by atoms with Crippen molar-refractivity contribution in [2.75, 3.05) is 20.1 Å². The molecular formula is C16H34N2. The maximum Gasteiger partial charge on any atom is 0.00672 e. The van der Waals surface area contributed by atoms with Gasteiger partial charge in [-0.2, -0.15) is 0 Å². The molecule has 1 unspecified atom stereocenters. The fourth-order valence-electron chi connectivity index (χ4n) is 2.76. The molecule has 1 N–H and O–H groups in total. The molecule has 1 aliphatic carbocycles. The fourth-order valence-corrected chi connectivity index (χ4v) is 2.76. The Morgan fingerprint density at radius 1 is 1.22 bits per heavy atom. The highest BCUT2D eigenvalue weighted by Crippen LogP contribution is 2.33. The van der Waals surface area contributed by atoms with Crippen LogP contribution in [0.15, 0.2) is 0 Å². The van der Waals surface area contributed by atoms with Crippen LogP contribution in [0.5, 0.6) is 0 Å². The zero-order chi connectivity index (χ0) is 13.6. The second-order valence-electron chi connectivity index (χ2n) is 7.17. The smallest absolute Gasteiger partial charge is 0.00672 e. The van der Waals surface area contributed by atoms with Crippen molar-refractivity contribution in [3.63, 3.8) is 0 Å². The molecule has 0 amide bonds. The number of hydrogen-bond donors (Lipinski definition) is 1. The predicted octanol–water partition coefficient (Wildman–Crippen LogP) is 3.67. The van der Waals surface area contributed by atoms with Gasteiger partial charge in [-0.3, -0.25) is 0 Å². The lowest BCUT2D eigenvalue weighted by Crippen LogP contribution is -2.33. The standard InChI is InChI=1S/C16H34N2/c1-14(2)18(5)13-7-12-17-15-8-6-10-16(3,4)11-9-15/h14-15,17H,6-13H2,1-5H3. The van der Waals surface area contributed by atoms with Gasteiger partial charge >= 0.3 is 0 Å². The van der Waals surface area contributed by atoms with E-state index < -0.39 is 0 Å². The van der Waals surface area contributed by atoms with Gasteiger partial charge in [-0.15, -0.1) is 0 Å². The minimum Gasteiger partial charge on any atom is -0.314 e. The molecule has 0 spiro atoms. The largest absolute Gasteiger partial charge is 0.314 e. The minimum absolute atomic E-state index is 0.578. The molecule has 1 rings (SSSR count). The van der Waals surface area contributed by atoms with E-state index in [-0.39, 0.29) is 0 Å². The summed E-state index contributed by atoms with van der Waals surface area (Å²) >= 11 is 0. The highest BCUT2D eigenvalue weighted by Gasteiger charge is 2.23. The first kappa shape index (κ1) is 16.0. The molecule has 108 valence electrons. The summed E-state index contributed by atoms with van der Waals surface area (Å²) in [5.74, 6) is 0. The van der Waals surface area contributed by atoms with Crippen LogP contribution in [0.1, 0.15) is 66.2 Å². The van der Waals surface area contributed by atoms with E-state index in [4.69, 9.17) is 0 Å². The van der Waals surface area contributed by atoms with Crippen molar-refractivity contribution in [1.82, 2.24) is 10.2 Å². The van der Waals surface area contributed by atoms with E-state index in [9.17, 15) is 0 Å². The van der Waals surface area contributed by atoms with Crippen LogP contribution in [0.4, 0.5) is 0 Å². The summed E-state index contributed by atoms with van der Waals surface area (Å²) in [6.07, 6.45) is 8.21. The topological polar surface area (TPSA) is 15.3 Å². The van der Waals surface area contributed by atoms with Gasteiger partial charge in [0, 0.05) is 12.1 Å². The molecule has 2 nitrogen and oxygen atoms in total. The molecule has 0 bridgehead atoms. The van der Waals surface area contributed by atoms with E-state index in [1.54, 1.807) is 0 Å². The van der Waals surface area contributed by atoms with E-state index in [1.807, 2.05) is 0 Å². The van der Waals surface area contributed by atoms with Gasteiger partial charge in [0.2, 0.25) is 0 Å². The molecule has 1 aliphatic rings. The summed E-state index contributed by atoms with van der Waals surface area (Å²) in [6, 6.07) is 1.44. The quantitative estimate of drug-likeness (QED) is 0.575. The average molecular weight is 254 g/mol. The molecule has 0 saturated heterocycles. The Hall–Kier alpha value is -0.0800. The maximum atomic E-state index is 3.77. The molecular weight excluding hydrogens is 220 g/mol. The van der Waals surface area contributed by atoms with Crippen molar-refractivity contribution in [3.8, 4) is 0 Å². The van der Waals surface area contributed by atoms with E-state index >= 15 is 0 Å². The van der Waals surface area contributed by atoms with Crippen LogP contribution in [0.2, 0.25) is 0 Å². The lowest BCUT2D eigenvalue weighted by Gasteiger charge is -2.23. The van der Waals surface area contributed by atoms with Crippen molar-refractivity contribution < 1.29 is 0 Å². The van der Waals surface area contributed by atoms with Crippen molar-refractivity contribution in [1.29, 1.82) is 0 Å². The third-order valence-corrected chi connectivity index (χ3v) is 4.58. The van der Waals surface area contributed by atoms with Crippen LogP contribution in [-0.4, -0.2) is 37.1 Å². The summed E-state index contributed by atoms with van der Waals surface area (Å²) in [5.41, 5.74) is 0.578. The van der Waals surface area contributed by atoms with Gasteiger partial charge in [-0.25, -0.2) is 0 Å². The Bertz CT molecular complexity index is 223. The van der Waals surface area contributed by atoms with Crippen LogP contribution in [0.25, 0.3) is 0 Å². The zero-order valence-electron chi connectivity index (χ0n) is 13.3. The molecule has 0 aliphatic heterocycles. The molecule has 0 radical (unpaired) electrons. The Labute approximate surface area is 115 Å². The molecule has 1 atom stereocenters. The first-order valence-corrected chi connectivity index (χ1v) is 7.84. The second-order valence-corrected chi connectivity index (χ2v) is 7.17. The fraction of sp³-hybridized carbons (Fsp3) is 1.00. The van der Waals surface area contributed by atoms with Crippen molar-refractivity contribution >= 4 is 0 Å². The number of rotatable bonds is 6. The Kier molecular flexibility index (Phi) is 6.65. The van der Waals surface area contributed by atoms with E-state index in [2.05, 4.69) is 45.0 Å². The summed E-state index contributed by atoms with van der Waals surface area (Å²) < 4.78 is 0. The third kappa shape index (κ3) is 6.19. The van der Waals surface area contributed by atoms with E-state index in [0.717, 1.165) is 6.04 Å². The lowest BCUT2D eigenvalue weighted by atomic mass is 9.85. The van der Waals surface area contributed by atoms with Gasteiger partial charge in [0.15, 0.2) is 0 Å². The third-order valence-electron chi connectivity index (χ3n) is 4.58. The molecule has 1 saturated carbocycles. The minimum atomic E-state index is 0.578. The van der Waals surface area contributed by atoms with Crippen LogP contribution in [-0.2, 0) is 0 Å². The van der Waals surface area contributed by atoms with Gasteiger partial charge < -0.3 is 10.2 Å². The number of hydrogen-bond acceptors (Lipinski definition) is 2. The van der Waals surface area contributed by atoms with Crippen LogP contribution >= 0.6 is 0 Å². The highest BCUT2D eigenvalue weighted by atomic mass is 15.1. The highest BCUT2D eigenvalue weighted by molar-refractivity contribution is 4.79. The first-order valence-electron chi connectivity index (χ1n) is 7.84. The lowest BCUT2D eigenvalue weighted by molar-refractivity contribution is 0.266. The SMILES string of the molecule is CC(C)N(C)CCCNC1CCCC(C)(C)CC1. The molecule has 18 heavy (non-hydrogen) atoms. The average Bonchev–Trinajstić information content (AvgIpc) is 2.45. The summed E-state index contributed by atoms with van der Waals surface area (Å²) in [5, 5.41) is 3.77.